The molecule has 1 aliphatic rings. The Morgan fingerprint density at radius 3 is 2.68 bits per heavy atom. The summed E-state index contributed by atoms with van der Waals surface area (Å²) >= 11 is 0. The van der Waals surface area contributed by atoms with Crippen LogP contribution in [0.2, 0.25) is 0 Å². The Hall–Kier alpha value is -1.43. The van der Waals surface area contributed by atoms with Crippen LogP contribution in [0.25, 0.3) is 0 Å². The number of hydrogen-bond donors (Lipinski definition) is 2. The van der Waals surface area contributed by atoms with E-state index in [-0.39, 0.29) is 5.91 Å². The van der Waals surface area contributed by atoms with Crippen molar-refractivity contribution in [1.82, 2.24) is 20.8 Å². The van der Waals surface area contributed by atoms with E-state index in [2.05, 4.69) is 20.8 Å². The predicted molar refractivity (Wildman–Crippen MR) is 84.5 cm³/mol. The first kappa shape index (κ1) is 16.9. The lowest BCUT2D eigenvalue weighted by atomic mass is 10.1. The third-order valence-electron chi connectivity index (χ3n) is 4.10. The van der Waals surface area contributed by atoms with Crippen LogP contribution in [0, 0.1) is 6.92 Å². The van der Waals surface area contributed by atoms with Gasteiger partial charge in [-0.15, -0.1) is 0 Å². The number of hydrogen-bond acceptors (Lipinski definition) is 5. The Labute approximate surface area is 132 Å². The zero-order valence-corrected chi connectivity index (χ0v) is 13.6. The Bertz CT molecular complexity index is 439. The van der Waals surface area contributed by atoms with Crippen LogP contribution >= 0.6 is 0 Å². The number of carbonyl (C=O) groups excluding carboxylic acids is 1. The van der Waals surface area contributed by atoms with Crippen LogP contribution in [0.3, 0.4) is 0 Å². The fourth-order valence-electron chi connectivity index (χ4n) is 2.89. The van der Waals surface area contributed by atoms with Crippen molar-refractivity contribution < 1.29 is 9.32 Å². The Balaban J connectivity index is 1.48. The predicted octanol–water partition coefficient (Wildman–Crippen LogP) is 2.13. The van der Waals surface area contributed by atoms with Crippen LogP contribution < -0.4 is 10.6 Å². The lowest BCUT2D eigenvalue weighted by molar-refractivity contribution is -0.121. The van der Waals surface area contributed by atoms with Crippen molar-refractivity contribution in [3.05, 3.63) is 11.7 Å². The summed E-state index contributed by atoms with van der Waals surface area (Å²) in [6.45, 7) is 3.36. The summed E-state index contributed by atoms with van der Waals surface area (Å²) in [5.74, 6) is 1.35. The number of aryl methyl sites for hydroxylation is 2. The number of nitrogens with one attached hydrogen (secondary N) is 2. The first-order valence-electron chi connectivity index (χ1n) is 8.53. The van der Waals surface area contributed by atoms with Gasteiger partial charge in [0.1, 0.15) is 0 Å². The van der Waals surface area contributed by atoms with Gasteiger partial charge < -0.3 is 15.2 Å². The van der Waals surface area contributed by atoms with Crippen LogP contribution in [0.1, 0.15) is 63.1 Å². The molecule has 1 saturated carbocycles. The molecule has 2 rings (SSSR count). The maximum absolute atomic E-state index is 11.7. The molecule has 1 heterocycles. The minimum Gasteiger partial charge on any atom is -0.355 e. The largest absolute Gasteiger partial charge is 0.355 e. The first-order valence-corrected chi connectivity index (χ1v) is 8.53. The van der Waals surface area contributed by atoms with E-state index < -0.39 is 0 Å². The minimum absolute atomic E-state index is 0.0962. The van der Waals surface area contributed by atoms with Crippen molar-refractivity contribution in [1.29, 1.82) is 0 Å². The summed E-state index contributed by atoms with van der Waals surface area (Å²) in [6, 6.07) is 0.639. The molecule has 0 bridgehead atoms. The maximum atomic E-state index is 11.7. The Kier molecular flexibility index (Phi) is 7.36. The highest BCUT2D eigenvalue weighted by Gasteiger charge is 2.11. The van der Waals surface area contributed by atoms with E-state index in [9.17, 15) is 4.79 Å². The quantitative estimate of drug-likeness (QED) is 0.568. The van der Waals surface area contributed by atoms with Gasteiger partial charge in [0.2, 0.25) is 11.8 Å². The molecule has 1 aromatic rings. The second-order valence-corrected chi connectivity index (χ2v) is 6.08. The van der Waals surface area contributed by atoms with Gasteiger partial charge in [0.05, 0.1) is 0 Å². The van der Waals surface area contributed by atoms with E-state index in [0.717, 1.165) is 13.0 Å². The van der Waals surface area contributed by atoms with E-state index in [1.165, 1.54) is 38.5 Å². The van der Waals surface area contributed by atoms with Crippen molar-refractivity contribution in [3.63, 3.8) is 0 Å². The molecule has 0 aromatic carbocycles. The first-order chi connectivity index (χ1) is 10.7. The fraction of sp³-hybridized carbons (Fsp3) is 0.812. The third-order valence-corrected chi connectivity index (χ3v) is 4.10. The molecule has 0 aliphatic heterocycles. The Morgan fingerprint density at radius 1 is 1.23 bits per heavy atom. The molecule has 22 heavy (non-hydrogen) atoms. The summed E-state index contributed by atoms with van der Waals surface area (Å²) < 4.78 is 5.02. The van der Waals surface area contributed by atoms with E-state index in [1.807, 2.05) is 0 Å². The normalized spacial score (nSPS) is 16.4. The number of amides is 1. The second kappa shape index (κ2) is 9.56. The van der Waals surface area contributed by atoms with Crippen molar-refractivity contribution in [2.45, 2.75) is 70.8 Å². The molecular weight excluding hydrogens is 280 g/mol. The van der Waals surface area contributed by atoms with Gasteiger partial charge in [-0.25, -0.2) is 0 Å². The van der Waals surface area contributed by atoms with Gasteiger partial charge in [0.15, 0.2) is 5.82 Å². The summed E-state index contributed by atoms with van der Waals surface area (Å²) in [7, 11) is 0. The molecule has 0 saturated heterocycles. The highest BCUT2D eigenvalue weighted by molar-refractivity contribution is 5.75. The summed E-state index contributed by atoms with van der Waals surface area (Å²) in [5.41, 5.74) is 0. The zero-order chi connectivity index (χ0) is 15.6. The van der Waals surface area contributed by atoms with E-state index in [4.69, 9.17) is 4.52 Å². The van der Waals surface area contributed by atoms with Gasteiger partial charge in [-0.1, -0.05) is 30.8 Å². The molecule has 0 radical (unpaired) electrons. The lowest BCUT2D eigenvalue weighted by Gasteiger charge is -2.16. The molecule has 1 aliphatic carbocycles. The highest BCUT2D eigenvalue weighted by atomic mass is 16.5. The Morgan fingerprint density at radius 2 is 2.00 bits per heavy atom. The van der Waals surface area contributed by atoms with Gasteiger partial charge in [0.25, 0.3) is 0 Å². The molecule has 1 fully saturated rings. The monoisotopic (exact) mass is 308 g/mol. The van der Waals surface area contributed by atoms with Crippen LogP contribution in [0.4, 0.5) is 0 Å². The van der Waals surface area contributed by atoms with Crippen LogP contribution in [0.15, 0.2) is 4.52 Å². The van der Waals surface area contributed by atoms with Crippen molar-refractivity contribution in [2.75, 3.05) is 13.1 Å². The van der Waals surface area contributed by atoms with Crippen LogP contribution in [-0.2, 0) is 11.2 Å². The standard InChI is InChI=1S/C16H28N4O2/c1-13-19-16(22-20-13)10-6-9-15(21)18-12-11-17-14-7-4-2-3-5-8-14/h14,17H,2-12H2,1H3,(H,18,21). The maximum Gasteiger partial charge on any atom is 0.226 e. The molecular formula is C16H28N4O2. The van der Waals surface area contributed by atoms with Crippen LogP contribution in [0.5, 0.6) is 0 Å². The van der Waals surface area contributed by atoms with Gasteiger partial charge in [-0.2, -0.15) is 4.98 Å². The second-order valence-electron chi connectivity index (χ2n) is 6.08. The molecule has 6 heteroatoms. The molecule has 124 valence electrons. The summed E-state index contributed by atoms with van der Waals surface area (Å²) in [5, 5.41) is 10.2. The fourth-order valence-corrected chi connectivity index (χ4v) is 2.89. The molecule has 0 spiro atoms. The number of rotatable bonds is 8. The van der Waals surface area contributed by atoms with Gasteiger partial charge in [-0.05, 0) is 26.2 Å². The van der Waals surface area contributed by atoms with E-state index >= 15 is 0 Å². The van der Waals surface area contributed by atoms with E-state index in [0.29, 0.717) is 37.1 Å². The smallest absolute Gasteiger partial charge is 0.226 e. The molecule has 2 N–H and O–H groups in total. The van der Waals surface area contributed by atoms with Crippen molar-refractivity contribution in [2.24, 2.45) is 0 Å². The highest BCUT2D eigenvalue weighted by Crippen LogP contribution is 2.16. The van der Waals surface area contributed by atoms with E-state index in [1.54, 1.807) is 6.92 Å². The van der Waals surface area contributed by atoms with Crippen LogP contribution in [-0.4, -0.2) is 35.2 Å². The molecule has 1 aromatic heterocycles. The van der Waals surface area contributed by atoms with Gasteiger partial charge >= 0.3 is 0 Å². The topological polar surface area (TPSA) is 80.0 Å². The molecule has 0 unspecified atom stereocenters. The molecule has 1 amide bonds. The third kappa shape index (κ3) is 6.56. The van der Waals surface area contributed by atoms with Gasteiger partial charge in [0, 0.05) is 32.0 Å². The molecule has 6 nitrogen and oxygen atoms in total. The van der Waals surface area contributed by atoms with Gasteiger partial charge in [-0.3, -0.25) is 4.79 Å². The van der Waals surface area contributed by atoms with Crippen molar-refractivity contribution in [3.8, 4) is 0 Å². The summed E-state index contributed by atoms with van der Waals surface area (Å²) in [6.07, 6.45) is 9.86. The number of nitrogens with zero attached hydrogens (tertiary/aromatic N) is 2. The number of aromatic nitrogens is 2. The summed E-state index contributed by atoms with van der Waals surface area (Å²) in [4.78, 5) is 15.9. The molecule has 0 atom stereocenters. The minimum atomic E-state index is 0.0962. The average molecular weight is 308 g/mol. The number of carbonyl (C=O) groups is 1. The van der Waals surface area contributed by atoms with Crippen molar-refractivity contribution >= 4 is 5.91 Å². The zero-order valence-electron chi connectivity index (χ0n) is 13.6. The SMILES string of the molecule is Cc1noc(CCCC(=O)NCCNC2CCCCCC2)n1. The average Bonchev–Trinajstić information content (AvgIpc) is 2.76. The lowest BCUT2D eigenvalue weighted by Crippen LogP contribution is -2.36.